The van der Waals surface area contributed by atoms with E-state index in [1.165, 1.54) is 0 Å². The van der Waals surface area contributed by atoms with E-state index in [1.807, 2.05) is 0 Å². The lowest BCUT2D eigenvalue weighted by Gasteiger charge is -2.10. The number of carboxylic acids is 1. The zero-order valence-corrected chi connectivity index (χ0v) is 5.96. The first-order chi connectivity index (χ1) is 5.52. The van der Waals surface area contributed by atoms with Crippen molar-refractivity contribution in [3.05, 3.63) is 24.2 Å². The topological polar surface area (TPSA) is 50.4 Å². The Hall–Kier alpha value is -1.39. The molecule has 0 unspecified atom stereocenters. The number of carboxylic acid groups (broad SMARTS) is 1. The summed E-state index contributed by atoms with van der Waals surface area (Å²) in [5.41, 5.74) is -0.412. The third-order valence-corrected chi connectivity index (χ3v) is 1.32. The highest BCUT2D eigenvalue weighted by Gasteiger charge is 2.35. The molecule has 0 saturated carbocycles. The summed E-state index contributed by atoms with van der Waals surface area (Å²) in [6.07, 6.45) is 0.695. The molecule has 1 rings (SSSR count). The van der Waals surface area contributed by atoms with Crippen molar-refractivity contribution in [3.8, 4) is 0 Å². The fourth-order valence-electron chi connectivity index (χ4n) is 0.765. The molecule has 0 aliphatic heterocycles. The third kappa shape index (κ3) is 1.81. The molecule has 12 heavy (non-hydrogen) atoms. The molecule has 0 aromatic carbocycles. The highest BCUT2D eigenvalue weighted by Crippen LogP contribution is 2.31. The number of halogens is 2. The Morgan fingerprint density at radius 3 is 2.75 bits per heavy atom. The lowest BCUT2D eigenvalue weighted by Crippen LogP contribution is -2.17. The quantitative estimate of drug-likeness (QED) is 0.764. The summed E-state index contributed by atoms with van der Waals surface area (Å²) in [7, 11) is 0. The van der Waals surface area contributed by atoms with Gasteiger partial charge in [-0.2, -0.15) is 0 Å². The first kappa shape index (κ1) is 8.70. The summed E-state index contributed by atoms with van der Waals surface area (Å²) in [4.78, 5) is 10.00. The number of hydrogen-bond donors (Lipinski definition) is 1. The molecule has 0 amide bonds. The Labute approximate surface area is 66.6 Å². The molecule has 0 radical (unpaired) electrons. The first-order valence-electron chi connectivity index (χ1n) is 3.14. The molecule has 3 nitrogen and oxygen atoms in total. The van der Waals surface area contributed by atoms with E-state index < -0.39 is 23.9 Å². The number of rotatable bonds is 3. The maximum Gasteiger partial charge on any atom is 0.309 e. The second-order valence-electron chi connectivity index (χ2n) is 2.29. The Kier molecular flexibility index (Phi) is 2.12. The minimum absolute atomic E-state index is 0.412. The van der Waals surface area contributed by atoms with Gasteiger partial charge in [0.25, 0.3) is 5.92 Å². The number of carbonyl (C=O) groups is 1. The summed E-state index contributed by atoms with van der Waals surface area (Å²) in [6.45, 7) is 0. The van der Waals surface area contributed by atoms with E-state index in [2.05, 4.69) is 4.42 Å². The molecule has 0 fully saturated rings. The van der Waals surface area contributed by atoms with Crippen LogP contribution in [0.15, 0.2) is 23.0 Å². The number of hydrogen-bond acceptors (Lipinski definition) is 2. The number of alkyl halides is 2. The molecular formula is C7H6F2O3. The summed E-state index contributed by atoms with van der Waals surface area (Å²) in [6, 6.07) is 1.04. The number of furan rings is 1. The van der Waals surface area contributed by atoms with Gasteiger partial charge in [0.2, 0.25) is 0 Å². The van der Waals surface area contributed by atoms with E-state index in [4.69, 9.17) is 5.11 Å². The van der Waals surface area contributed by atoms with E-state index >= 15 is 0 Å². The standard InChI is InChI=1S/C7H6F2O3/c8-7(9,3-6(10)11)5-1-2-12-4-5/h1-2,4H,3H2,(H,10,11). The first-order valence-corrected chi connectivity index (χ1v) is 3.14. The average Bonchev–Trinajstić information content (AvgIpc) is 2.32. The van der Waals surface area contributed by atoms with E-state index in [0.717, 1.165) is 18.6 Å². The molecule has 66 valence electrons. The van der Waals surface area contributed by atoms with Crippen molar-refractivity contribution in [2.75, 3.05) is 0 Å². The van der Waals surface area contributed by atoms with Crippen LogP contribution < -0.4 is 0 Å². The van der Waals surface area contributed by atoms with Crippen molar-refractivity contribution < 1.29 is 23.1 Å². The van der Waals surface area contributed by atoms with E-state index in [9.17, 15) is 13.6 Å². The minimum Gasteiger partial charge on any atom is -0.481 e. The van der Waals surface area contributed by atoms with Crippen LogP contribution >= 0.6 is 0 Å². The molecular weight excluding hydrogens is 170 g/mol. The SMILES string of the molecule is O=C(O)CC(F)(F)c1ccoc1. The lowest BCUT2D eigenvalue weighted by molar-refractivity contribution is -0.145. The Balaban J connectivity index is 2.79. The average molecular weight is 176 g/mol. The van der Waals surface area contributed by atoms with Gasteiger partial charge >= 0.3 is 5.97 Å². The van der Waals surface area contributed by atoms with Crippen molar-refractivity contribution in [2.45, 2.75) is 12.3 Å². The normalized spacial score (nSPS) is 11.5. The van der Waals surface area contributed by atoms with Gasteiger partial charge in [-0.15, -0.1) is 0 Å². The summed E-state index contributed by atoms with van der Waals surface area (Å²) < 4.78 is 30.0. The maximum atomic E-state index is 12.8. The van der Waals surface area contributed by atoms with Crippen molar-refractivity contribution in [1.29, 1.82) is 0 Å². The fourth-order valence-corrected chi connectivity index (χ4v) is 0.765. The molecule has 1 aromatic rings. The van der Waals surface area contributed by atoms with Crippen LogP contribution in [0.1, 0.15) is 12.0 Å². The molecule has 0 saturated heterocycles. The van der Waals surface area contributed by atoms with Crippen LogP contribution in [0, 0.1) is 0 Å². The fraction of sp³-hybridized carbons (Fsp3) is 0.286. The van der Waals surface area contributed by atoms with Crippen LogP contribution in [-0.2, 0) is 10.7 Å². The predicted octanol–water partition coefficient (Wildman–Crippen LogP) is 1.85. The second kappa shape index (κ2) is 2.92. The van der Waals surface area contributed by atoms with Crippen LogP contribution in [0.3, 0.4) is 0 Å². The van der Waals surface area contributed by atoms with Gasteiger partial charge in [0.05, 0.1) is 18.1 Å². The van der Waals surface area contributed by atoms with Crippen LogP contribution in [0.25, 0.3) is 0 Å². The molecule has 5 heteroatoms. The minimum atomic E-state index is -3.35. The van der Waals surface area contributed by atoms with Gasteiger partial charge in [0.1, 0.15) is 6.42 Å². The van der Waals surface area contributed by atoms with E-state index in [-0.39, 0.29) is 0 Å². The summed E-state index contributed by atoms with van der Waals surface area (Å²) >= 11 is 0. The molecule has 0 aliphatic rings. The largest absolute Gasteiger partial charge is 0.481 e. The Bertz CT molecular complexity index is 266. The summed E-state index contributed by atoms with van der Waals surface area (Å²) in [5, 5.41) is 8.14. The Morgan fingerprint density at radius 1 is 1.67 bits per heavy atom. The molecule has 0 atom stereocenters. The molecule has 1 aromatic heterocycles. The van der Waals surface area contributed by atoms with Gasteiger partial charge in [-0.3, -0.25) is 4.79 Å². The smallest absolute Gasteiger partial charge is 0.309 e. The Morgan fingerprint density at radius 2 is 2.33 bits per heavy atom. The maximum absolute atomic E-state index is 12.8. The van der Waals surface area contributed by atoms with Gasteiger partial charge in [-0.1, -0.05) is 0 Å². The zero-order chi connectivity index (χ0) is 9.19. The van der Waals surface area contributed by atoms with Crippen molar-refractivity contribution in [2.24, 2.45) is 0 Å². The van der Waals surface area contributed by atoms with E-state index in [1.54, 1.807) is 0 Å². The summed E-state index contributed by atoms with van der Waals surface area (Å²) in [5.74, 6) is -4.89. The lowest BCUT2D eigenvalue weighted by atomic mass is 10.1. The van der Waals surface area contributed by atoms with Gasteiger partial charge in [-0.05, 0) is 6.07 Å². The van der Waals surface area contributed by atoms with Crippen LogP contribution in [0.4, 0.5) is 8.78 Å². The molecule has 1 heterocycles. The van der Waals surface area contributed by atoms with Crippen molar-refractivity contribution in [3.63, 3.8) is 0 Å². The predicted molar refractivity (Wildman–Crippen MR) is 34.9 cm³/mol. The van der Waals surface area contributed by atoms with Crippen LogP contribution in [-0.4, -0.2) is 11.1 Å². The van der Waals surface area contributed by atoms with Crippen molar-refractivity contribution in [1.82, 2.24) is 0 Å². The van der Waals surface area contributed by atoms with Crippen LogP contribution in [0.5, 0.6) is 0 Å². The van der Waals surface area contributed by atoms with Gasteiger partial charge in [0.15, 0.2) is 0 Å². The molecule has 1 N–H and O–H groups in total. The molecule has 0 spiro atoms. The van der Waals surface area contributed by atoms with Crippen LogP contribution in [0.2, 0.25) is 0 Å². The highest BCUT2D eigenvalue weighted by molar-refractivity contribution is 5.68. The van der Waals surface area contributed by atoms with Gasteiger partial charge < -0.3 is 9.52 Å². The molecule has 0 aliphatic carbocycles. The highest BCUT2D eigenvalue weighted by atomic mass is 19.3. The monoisotopic (exact) mass is 176 g/mol. The third-order valence-electron chi connectivity index (χ3n) is 1.32. The van der Waals surface area contributed by atoms with Crippen molar-refractivity contribution >= 4 is 5.97 Å². The number of aliphatic carboxylic acids is 1. The van der Waals surface area contributed by atoms with E-state index in [0.29, 0.717) is 0 Å². The molecule has 0 bridgehead atoms. The zero-order valence-electron chi connectivity index (χ0n) is 5.96. The van der Waals surface area contributed by atoms with Gasteiger partial charge in [-0.25, -0.2) is 8.78 Å². The second-order valence-corrected chi connectivity index (χ2v) is 2.29. The van der Waals surface area contributed by atoms with Gasteiger partial charge in [0, 0.05) is 0 Å².